The number of carbonyl (C=O) groups excluding carboxylic acids is 3. The van der Waals surface area contributed by atoms with Crippen LogP contribution in [-0.4, -0.2) is 31.4 Å². The summed E-state index contributed by atoms with van der Waals surface area (Å²) < 4.78 is 10.3. The van der Waals surface area contributed by atoms with Crippen LogP contribution in [0.3, 0.4) is 0 Å². The average molecular weight is 391 g/mol. The Balaban J connectivity index is 1.58. The Morgan fingerprint density at radius 1 is 0.931 bits per heavy atom. The van der Waals surface area contributed by atoms with Gasteiger partial charge in [0.1, 0.15) is 5.75 Å². The number of anilines is 1. The highest BCUT2D eigenvalue weighted by Crippen LogP contribution is 2.21. The SMILES string of the molecule is COc1ccc(C(C)=O)cc1CC(=O)OCC(=O)Nc1ccc2ccccc2c1. The molecule has 29 heavy (non-hydrogen) atoms. The van der Waals surface area contributed by atoms with Gasteiger partial charge in [-0.1, -0.05) is 30.3 Å². The Labute approximate surface area is 168 Å². The van der Waals surface area contributed by atoms with E-state index in [4.69, 9.17) is 9.47 Å². The summed E-state index contributed by atoms with van der Waals surface area (Å²) in [5, 5.41) is 4.78. The van der Waals surface area contributed by atoms with E-state index >= 15 is 0 Å². The van der Waals surface area contributed by atoms with Crippen molar-refractivity contribution in [3.05, 3.63) is 71.8 Å². The smallest absolute Gasteiger partial charge is 0.310 e. The molecule has 0 saturated heterocycles. The summed E-state index contributed by atoms with van der Waals surface area (Å²) in [5.74, 6) is -0.652. The van der Waals surface area contributed by atoms with E-state index in [0.717, 1.165) is 10.8 Å². The Kier molecular flexibility index (Phi) is 6.24. The first-order valence-electron chi connectivity index (χ1n) is 9.08. The number of amides is 1. The molecule has 0 unspecified atom stereocenters. The maximum Gasteiger partial charge on any atom is 0.310 e. The minimum Gasteiger partial charge on any atom is -0.496 e. The van der Waals surface area contributed by atoms with Crippen LogP contribution in [0.4, 0.5) is 5.69 Å². The van der Waals surface area contributed by atoms with Crippen molar-refractivity contribution in [1.29, 1.82) is 0 Å². The van der Waals surface area contributed by atoms with Crippen LogP contribution in [0.5, 0.6) is 5.75 Å². The van der Waals surface area contributed by atoms with Gasteiger partial charge in [-0.25, -0.2) is 0 Å². The number of carbonyl (C=O) groups is 3. The van der Waals surface area contributed by atoms with E-state index in [0.29, 0.717) is 22.6 Å². The number of ether oxygens (including phenoxy) is 2. The fraction of sp³-hybridized carbons (Fsp3) is 0.174. The summed E-state index contributed by atoms with van der Waals surface area (Å²) >= 11 is 0. The molecule has 3 aromatic rings. The van der Waals surface area contributed by atoms with E-state index in [-0.39, 0.29) is 12.2 Å². The van der Waals surface area contributed by atoms with Crippen molar-refractivity contribution in [3.8, 4) is 5.75 Å². The van der Waals surface area contributed by atoms with Gasteiger partial charge in [-0.2, -0.15) is 0 Å². The highest BCUT2D eigenvalue weighted by Gasteiger charge is 2.14. The topological polar surface area (TPSA) is 81.7 Å². The number of rotatable bonds is 7. The fourth-order valence-electron chi connectivity index (χ4n) is 2.95. The molecule has 6 heteroatoms. The number of nitrogens with one attached hydrogen (secondary N) is 1. The van der Waals surface area contributed by atoms with Crippen LogP contribution >= 0.6 is 0 Å². The van der Waals surface area contributed by atoms with Gasteiger partial charge in [0.15, 0.2) is 12.4 Å². The molecule has 0 saturated carbocycles. The third kappa shape index (κ3) is 5.19. The van der Waals surface area contributed by atoms with Crippen molar-refractivity contribution in [1.82, 2.24) is 0 Å². The molecule has 0 heterocycles. The molecule has 1 amide bonds. The molecule has 0 aliphatic carbocycles. The molecule has 0 aliphatic rings. The second kappa shape index (κ2) is 9.01. The molecular weight excluding hydrogens is 370 g/mol. The van der Waals surface area contributed by atoms with E-state index in [1.807, 2.05) is 36.4 Å². The lowest BCUT2D eigenvalue weighted by Crippen LogP contribution is -2.21. The Hall–Kier alpha value is -3.67. The van der Waals surface area contributed by atoms with Gasteiger partial charge >= 0.3 is 5.97 Å². The minimum absolute atomic E-state index is 0.104. The third-order valence-corrected chi connectivity index (χ3v) is 4.42. The van der Waals surface area contributed by atoms with Gasteiger partial charge in [-0.3, -0.25) is 14.4 Å². The first-order valence-corrected chi connectivity index (χ1v) is 9.08. The van der Waals surface area contributed by atoms with E-state index in [1.165, 1.54) is 14.0 Å². The normalized spacial score (nSPS) is 10.4. The molecule has 148 valence electrons. The van der Waals surface area contributed by atoms with Gasteiger partial charge in [0, 0.05) is 16.8 Å². The van der Waals surface area contributed by atoms with Crippen molar-refractivity contribution >= 4 is 34.1 Å². The second-order valence-corrected chi connectivity index (χ2v) is 6.53. The molecule has 3 rings (SSSR count). The molecule has 0 fully saturated rings. The number of fused-ring (bicyclic) bond motifs is 1. The zero-order valence-corrected chi connectivity index (χ0v) is 16.2. The highest BCUT2D eigenvalue weighted by atomic mass is 16.5. The van der Waals surface area contributed by atoms with E-state index in [9.17, 15) is 14.4 Å². The first kappa shape index (κ1) is 20.1. The number of hydrogen-bond donors (Lipinski definition) is 1. The van der Waals surface area contributed by atoms with Crippen LogP contribution in [0.15, 0.2) is 60.7 Å². The quantitative estimate of drug-likeness (QED) is 0.490. The number of benzene rings is 3. The molecule has 1 N–H and O–H groups in total. The number of Topliss-reactive ketones (excluding diaryl/α,β-unsaturated/α-hetero) is 1. The predicted molar refractivity (Wildman–Crippen MR) is 110 cm³/mol. The van der Waals surface area contributed by atoms with Crippen molar-refractivity contribution in [3.63, 3.8) is 0 Å². The lowest BCUT2D eigenvalue weighted by Gasteiger charge is -2.10. The monoisotopic (exact) mass is 391 g/mol. The molecule has 0 aromatic heterocycles. The zero-order valence-electron chi connectivity index (χ0n) is 16.2. The summed E-state index contributed by atoms with van der Waals surface area (Å²) in [4.78, 5) is 35.8. The van der Waals surface area contributed by atoms with Gasteiger partial charge in [-0.15, -0.1) is 0 Å². The van der Waals surface area contributed by atoms with Crippen molar-refractivity contribution in [2.75, 3.05) is 19.0 Å². The summed E-state index contributed by atoms with van der Waals surface area (Å²) in [6, 6.07) is 18.2. The largest absolute Gasteiger partial charge is 0.496 e. The van der Waals surface area contributed by atoms with Crippen LogP contribution in [0.1, 0.15) is 22.8 Å². The van der Waals surface area contributed by atoms with Crippen LogP contribution in [-0.2, 0) is 20.7 Å². The maximum absolute atomic E-state index is 12.2. The molecule has 0 spiro atoms. The minimum atomic E-state index is -0.585. The van der Waals surface area contributed by atoms with Gasteiger partial charge in [0.2, 0.25) is 0 Å². The van der Waals surface area contributed by atoms with Gasteiger partial charge < -0.3 is 14.8 Å². The zero-order chi connectivity index (χ0) is 20.8. The van der Waals surface area contributed by atoms with Crippen LogP contribution < -0.4 is 10.1 Å². The number of esters is 1. The van der Waals surface area contributed by atoms with Crippen LogP contribution in [0, 0.1) is 0 Å². The first-order chi connectivity index (χ1) is 14.0. The molecule has 6 nitrogen and oxygen atoms in total. The third-order valence-electron chi connectivity index (χ3n) is 4.42. The van der Waals surface area contributed by atoms with Gasteiger partial charge in [0.05, 0.1) is 13.5 Å². The molecule has 0 radical (unpaired) electrons. The van der Waals surface area contributed by atoms with Crippen molar-refractivity contribution in [2.45, 2.75) is 13.3 Å². The van der Waals surface area contributed by atoms with Crippen molar-refractivity contribution < 1.29 is 23.9 Å². The summed E-state index contributed by atoms with van der Waals surface area (Å²) in [6.07, 6.45) is -0.104. The molecule has 0 aliphatic heterocycles. The van der Waals surface area contributed by atoms with Crippen molar-refractivity contribution in [2.24, 2.45) is 0 Å². The summed E-state index contributed by atoms with van der Waals surface area (Å²) in [5.41, 5.74) is 1.63. The summed E-state index contributed by atoms with van der Waals surface area (Å²) in [7, 11) is 1.48. The van der Waals surface area contributed by atoms with Crippen LogP contribution in [0.25, 0.3) is 10.8 Å². The lowest BCUT2D eigenvalue weighted by molar-refractivity contribution is -0.146. The Morgan fingerprint density at radius 3 is 2.41 bits per heavy atom. The fourth-order valence-corrected chi connectivity index (χ4v) is 2.95. The lowest BCUT2D eigenvalue weighted by atomic mass is 10.0. The van der Waals surface area contributed by atoms with Gasteiger partial charge in [0.25, 0.3) is 5.91 Å². The van der Waals surface area contributed by atoms with E-state index < -0.39 is 18.5 Å². The van der Waals surface area contributed by atoms with Crippen LogP contribution in [0.2, 0.25) is 0 Å². The Bertz CT molecular complexity index is 1070. The molecule has 3 aromatic carbocycles. The Morgan fingerprint density at radius 2 is 1.69 bits per heavy atom. The number of hydrogen-bond acceptors (Lipinski definition) is 5. The second-order valence-electron chi connectivity index (χ2n) is 6.53. The average Bonchev–Trinajstić information content (AvgIpc) is 2.72. The molecule has 0 bridgehead atoms. The van der Waals surface area contributed by atoms with E-state index in [1.54, 1.807) is 24.3 Å². The number of ketones is 1. The molecule has 0 atom stereocenters. The highest BCUT2D eigenvalue weighted by molar-refractivity contribution is 5.96. The predicted octanol–water partition coefficient (Wildman–Crippen LogP) is 3.78. The molecular formula is C23H21NO5. The number of methoxy groups -OCH3 is 1. The van der Waals surface area contributed by atoms with Gasteiger partial charge in [-0.05, 0) is 48.0 Å². The maximum atomic E-state index is 12.2. The standard InChI is InChI=1S/C23H21NO5/c1-15(25)17-8-10-21(28-2)19(11-17)13-23(27)29-14-22(26)24-20-9-7-16-5-3-4-6-18(16)12-20/h3-12H,13-14H2,1-2H3,(H,24,26). The summed E-state index contributed by atoms with van der Waals surface area (Å²) in [6.45, 7) is 1.04. The van der Waals surface area contributed by atoms with E-state index in [2.05, 4.69) is 5.32 Å².